The Hall–Kier alpha value is -2.72. The van der Waals surface area contributed by atoms with Crippen LogP contribution in [0.1, 0.15) is 5.56 Å². The molecule has 4 aromatic carbocycles. The van der Waals surface area contributed by atoms with Crippen LogP contribution in [0.3, 0.4) is 0 Å². The SMILES string of the molecule is OC(O)(c1ccc2c(c1)c1cc(Br)ccc1c1nc(-c3c(F)cccc3Cl)[nH]c21)C(F)(F)F. The van der Waals surface area contributed by atoms with Gasteiger partial charge in [0, 0.05) is 20.8 Å². The molecule has 5 rings (SSSR count). The van der Waals surface area contributed by atoms with Gasteiger partial charge in [0.1, 0.15) is 11.6 Å². The van der Waals surface area contributed by atoms with Crippen LogP contribution < -0.4 is 0 Å². The number of imidazole rings is 1. The highest BCUT2D eigenvalue weighted by Crippen LogP contribution is 2.42. The average Bonchev–Trinajstić information content (AvgIpc) is 3.17. The summed E-state index contributed by atoms with van der Waals surface area (Å²) >= 11 is 9.55. The molecule has 33 heavy (non-hydrogen) atoms. The fourth-order valence-corrected chi connectivity index (χ4v) is 4.53. The monoisotopic (exact) mass is 538 g/mol. The summed E-state index contributed by atoms with van der Waals surface area (Å²) in [4.78, 5) is 7.59. The smallest absolute Gasteiger partial charge is 0.355 e. The second kappa shape index (κ2) is 7.39. The van der Waals surface area contributed by atoms with Crippen molar-refractivity contribution in [1.29, 1.82) is 0 Å². The average molecular weight is 540 g/mol. The van der Waals surface area contributed by atoms with Gasteiger partial charge in [-0.25, -0.2) is 9.37 Å². The molecule has 1 aromatic heterocycles. The molecule has 4 nitrogen and oxygen atoms in total. The number of fused-ring (bicyclic) bond motifs is 6. The molecule has 0 atom stereocenters. The molecule has 0 fully saturated rings. The molecular formula is C23H12BrClF4N2O2. The highest BCUT2D eigenvalue weighted by molar-refractivity contribution is 9.10. The number of H-pyrrole nitrogens is 1. The molecule has 0 bridgehead atoms. The highest BCUT2D eigenvalue weighted by Gasteiger charge is 2.54. The Kier molecular flexibility index (Phi) is 4.95. The Morgan fingerprint density at radius 2 is 1.61 bits per heavy atom. The number of aromatic amines is 1. The zero-order chi connectivity index (χ0) is 23.7. The highest BCUT2D eigenvalue weighted by atomic mass is 79.9. The van der Waals surface area contributed by atoms with E-state index >= 15 is 0 Å². The van der Waals surface area contributed by atoms with Gasteiger partial charge >= 0.3 is 6.18 Å². The molecule has 0 radical (unpaired) electrons. The van der Waals surface area contributed by atoms with Crippen LogP contribution in [0.4, 0.5) is 17.6 Å². The summed E-state index contributed by atoms with van der Waals surface area (Å²) < 4.78 is 54.9. The molecule has 168 valence electrons. The molecule has 0 aliphatic rings. The molecule has 0 amide bonds. The van der Waals surface area contributed by atoms with E-state index in [-0.39, 0.29) is 16.4 Å². The third kappa shape index (κ3) is 3.38. The number of nitrogens with zero attached hydrogens (tertiary/aromatic N) is 1. The van der Waals surface area contributed by atoms with Crippen molar-refractivity contribution in [1.82, 2.24) is 9.97 Å². The van der Waals surface area contributed by atoms with Crippen molar-refractivity contribution in [3.63, 3.8) is 0 Å². The number of halogens is 6. The van der Waals surface area contributed by atoms with E-state index in [1.54, 1.807) is 18.2 Å². The predicted octanol–water partition coefficient (Wildman–Crippen LogP) is 6.79. The second-order valence-corrected chi connectivity index (χ2v) is 8.85. The minimum absolute atomic E-state index is 0.0622. The van der Waals surface area contributed by atoms with Gasteiger partial charge < -0.3 is 15.2 Å². The third-order valence-corrected chi connectivity index (χ3v) is 6.33. The Morgan fingerprint density at radius 3 is 2.30 bits per heavy atom. The van der Waals surface area contributed by atoms with Gasteiger partial charge in [0.25, 0.3) is 5.79 Å². The number of nitrogens with one attached hydrogen (secondary N) is 1. The maximum Gasteiger partial charge on any atom is 0.447 e. The van der Waals surface area contributed by atoms with Gasteiger partial charge in [0.15, 0.2) is 0 Å². The van der Waals surface area contributed by atoms with Crippen molar-refractivity contribution in [3.05, 3.63) is 75.5 Å². The molecule has 0 spiro atoms. The van der Waals surface area contributed by atoms with Gasteiger partial charge in [-0.05, 0) is 41.1 Å². The van der Waals surface area contributed by atoms with Crippen molar-refractivity contribution >= 4 is 60.1 Å². The minimum Gasteiger partial charge on any atom is -0.355 e. The molecule has 0 aliphatic heterocycles. The van der Waals surface area contributed by atoms with E-state index in [1.807, 2.05) is 0 Å². The zero-order valence-corrected chi connectivity index (χ0v) is 18.6. The van der Waals surface area contributed by atoms with Gasteiger partial charge in [0.05, 0.1) is 21.6 Å². The van der Waals surface area contributed by atoms with Crippen molar-refractivity contribution in [2.24, 2.45) is 0 Å². The number of alkyl halides is 3. The quantitative estimate of drug-likeness (QED) is 0.131. The lowest BCUT2D eigenvalue weighted by atomic mass is 9.95. The Morgan fingerprint density at radius 1 is 0.909 bits per heavy atom. The first-order valence-electron chi connectivity index (χ1n) is 9.50. The van der Waals surface area contributed by atoms with Gasteiger partial charge in [-0.15, -0.1) is 0 Å². The Labute approximate surface area is 196 Å². The first-order chi connectivity index (χ1) is 15.5. The van der Waals surface area contributed by atoms with E-state index in [0.29, 0.717) is 37.1 Å². The normalized spacial score (nSPS) is 12.8. The van der Waals surface area contributed by atoms with Crippen LogP contribution in [-0.4, -0.2) is 26.4 Å². The summed E-state index contributed by atoms with van der Waals surface area (Å²) in [6, 6.07) is 12.8. The van der Waals surface area contributed by atoms with Crippen LogP contribution in [0, 0.1) is 5.82 Å². The summed E-state index contributed by atoms with van der Waals surface area (Å²) in [5, 5.41) is 21.6. The number of aliphatic hydroxyl groups is 2. The fraction of sp³-hybridized carbons (Fsp3) is 0.0870. The molecule has 0 saturated heterocycles. The standard InChI is InChI=1S/C23H12BrClF4N2O2/c24-11-5-7-13-15(9-11)14-8-10(22(32,33)23(27,28)29)4-6-12(14)19-20(13)31-21(30-19)18-16(25)2-1-3-17(18)26/h1-9,32-33H,(H,30,31). The zero-order valence-electron chi connectivity index (χ0n) is 16.3. The molecule has 0 aliphatic carbocycles. The van der Waals surface area contributed by atoms with E-state index in [2.05, 4.69) is 25.9 Å². The Bertz CT molecular complexity index is 1560. The number of hydrogen-bond acceptors (Lipinski definition) is 3. The van der Waals surface area contributed by atoms with Crippen LogP contribution in [0.25, 0.3) is 44.0 Å². The van der Waals surface area contributed by atoms with Crippen molar-refractivity contribution < 1.29 is 27.8 Å². The predicted molar refractivity (Wildman–Crippen MR) is 121 cm³/mol. The van der Waals surface area contributed by atoms with Crippen molar-refractivity contribution in [2.75, 3.05) is 0 Å². The number of aromatic nitrogens is 2. The van der Waals surface area contributed by atoms with E-state index in [9.17, 15) is 27.8 Å². The van der Waals surface area contributed by atoms with E-state index < -0.39 is 23.3 Å². The van der Waals surface area contributed by atoms with Gasteiger partial charge in [0.2, 0.25) is 0 Å². The molecule has 0 saturated carbocycles. The first-order valence-corrected chi connectivity index (χ1v) is 10.7. The minimum atomic E-state index is -5.30. The van der Waals surface area contributed by atoms with Crippen LogP contribution in [-0.2, 0) is 5.79 Å². The Balaban J connectivity index is 1.90. The summed E-state index contributed by atoms with van der Waals surface area (Å²) in [6.07, 6.45) is -5.30. The lowest BCUT2D eigenvalue weighted by Gasteiger charge is -2.25. The first kappa shape index (κ1) is 22.1. The molecule has 1 heterocycles. The fourth-order valence-electron chi connectivity index (χ4n) is 3.92. The summed E-state index contributed by atoms with van der Waals surface area (Å²) in [7, 11) is 0. The third-order valence-electron chi connectivity index (χ3n) is 5.52. The molecule has 10 heteroatoms. The maximum atomic E-state index is 14.5. The van der Waals surface area contributed by atoms with E-state index in [1.165, 1.54) is 24.3 Å². The molecular weight excluding hydrogens is 528 g/mol. The van der Waals surface area contributed by atoms with Crippen LogP contribution in [0.2, 0.25) is 5.02 Å². The summed E-state index contributed by atoms with van der Waals surface area (Å²) in [6.45, 7) is 0. The number of hydrogen-bond donors (Lipinski definition) is 3. The number of rotatable bonds is 2. The largest absolute Gasteiger partial charge is 0.447 e. The lowest BCUT2D eigenvalue weighted by Crippen LogP contribution is -2.41. The topological polar surface area (TPSA) is 69.1 Å². The van der Waals surface area contributed by atoms with Crippen molar-refractivity contribution in [2.45, 2.75) is 12.0 Å². The van der Waals surface area contributed by atoms with Gasteiger partial charge in [-0.3, -0.25) is 0 Å². The summed E-state index contributed by atoms with van der Waals surface area (Å²) in [5.74, 6) is -4.47. The molecule has 3 N–H and O–H groups in total. The number of benzene rings is 4. The lowest BCUT2D eigenvalue weighted by molar-refractivity contribution is -0.358. The van der Waals surface area contributed by atoms with E-state index in [0.717, 1.165) is 12.1 Å². The van der Waals surface area contributed by atoms with E-state index in [4.69, 9.17) is 11.6 Å². The maximum absolute atomic E-state index is 14.5. The van der Waals surface area contributed by atoms with Crippen LogP contribution >= 0.6 is 27.5 Å². The summed E-state index contributed by atoms with van der Waals surface area (Å²) in [5.41, 5.74) is 0.226. The van der Waals surface area contributed by atoms with Crippen LogP contribution in [0.5, 0.6) is 0 Å². The van der Waals surface area contributed by atoms with Gasteiger partial charge in [-0.1, -0.05) is 51.8 Å². The second-order valence-electron chi connectivity index (χ2n) is 7.53. The molecule has 5 aromatic rings. The van der Waals surface area contributed by atoms with Crippen LogP contribution in [0.15, 0.2) is 59.1 Å². The van der Waals surface area contributed by atoms with Gasteiger partial charge in [-0.2, -0.15) is 13.2 Å². The van der Waals surface area contributed by atoms with Crippen molar-refractivity contribution in [3.8, 4) is 11.4 Å². The molecule has 0 unspecified atom stereocenters.